The van der Waals surface area contributed by atoms with E-state index in [4.69, 9.17) is 9.72 Å². The lowest BCUT2D eigenvalue weighted by molar-refractivity contribution is 0.104. The third-order valence-electron chi connectivity index (χ3n) is 5.27. The first-order valence-corrected chi connectivity index (χ1v) is 10.8. The van der Waals surface area contributed by atoms with Crippen molar-refractivity contribution in [2.24, 2.45) is 0 Å². The zero-order valence-corrected chi connectivity index (χ0v) is 18.0. The Balaban J connectivity index is 1.54. The Morgan fingerprint density at radius 1 is 1.03 bits per heavy atom. The van der Waals surface area contributed by atoms with E-state index in [0.717, 1.165) is 38.4 Å². The second-order valence-corrected chi connectivity index (χ2v) is 8.54. The largest absolute Gasteiger partial charge is 0.497 e. The summed E-state index contributed by atoms with van der Waals surface area (Å²) in [5.41, 5.74) is 3.38. The lowest BCUT2D eigenvalue weighted by Crippen LogP contribution is -1.95. The molecule has 0 radical (unpaired) electrons. The van der Waals surface area contributed by atoms with Gasteiger partial charge in [0.1, 0.15) is 5.75 Å². The molecular weight excluding hydrogens is 404 g/mol. The minimum Gasteiger partial charge on any atom is -0.497 e. The van der Waals surface area contributed by atoms with Crippen molar-refractivity contribution in [3.63, 3.8) is 0 Å². The number of rotatable bonds is 5. The Kier molecular flexibility index (Phi) is 4.88. The molecule has 0 atom stereocenters. The van der Waals surface area contributed by atoms with E-state index in [0.29, 0.717) is 5.56 Å². The normalized spacial score (nSPS) is 11.5. The molecular formula is C26H20N2O2S. The monoisotopic (exact) mass is 424 g/mol. The zero-order chi connectivity index (χ0) is 21.4. The minimum absolute atomic E-state index is 0.0339. The van der Waals surface area contributed by atoms with Gasteiger partial charge in [-0.3, -0.25) is 9.20 Å². The van der Waals surface area contributed by atoms with Gasteiger partial charge in [0.2, 0.25) is 0 Å². The van der Waals surface area contributed by atoms with Crippen molar-refractivity contribution < 1.29 is 9.53 Å². The highest BCUT2D eigenvalue weighted by Crippen LogP contribution is 2.30. The van der Waals surface area contributed by atoms with Gasteiger partial charge in [-0.25, -0.2) is 4.98 Å². The third kappa shape index (κ3) is 3.64. The number of thiazole rings is 1. The number of ketones is 1. The van der Waals surface area contributed by atoms with Crippen LogP contribution in [0.5, 0.6) is 5.75 Å². The summed E-state index contributed by atoms with van der Waals surface area (Å²) in [6, 6.07) is 21.7. The number of carbonyl (C=O) groups excluding carboxylic acids is 1. The molecule has 3 aromatic carbocycles. The van der Waals surface area contributed by atoms with E-state index in [9.17, 15) is 4.79 Å². The van der Waals surface area contributed by atoms with Crippen molar-refractivity contribution in [1.82, 2.24) is 9.38 Å². The molecule has 5 rings (SSSR count). The zero-order valence-electron chi connectivity index (χ0n) is 17.2. The van der Waals surface area contributed by atoms with E-state index in [1.165, 1.54) is 4.88 Å². The Morgan fingerprint density at radius 3 is 2.58 bits per heavy atom. The number of aryl methyl sites for hydroxylation is 1. The fourth-order valence-electron chi connectivity index (χ4n) is 3.69. The summed E-state index contributed by atoms with van der Waals surface area (Å²) < 4.78 is 7.32. The molecule has 2 heterocycles. The average molecular weight is 425 g/mol. The fourth-order valence-corrected chi connectivity index (χ4v) is 4.52. The van der Waals surface area contributed by atoms with Crippen LogP contribution in [0.2, 0.25) is 0 Å². The molecule has 0 amide bonds. The molecule has 2 aromatic heterocycles. The topological polar surface area (TPSA) is 43.6 Å². The molecule has 0 aliphatic carbocycles. The predicted molar refractivity (Wildman–Crippen MR) is 127 cm³/mol. The molecule has 0 saturated heterocycles. The van der Waals surface area contributed by atoms with Gasteiger partial charge in [-0.2, -0.15) is 0 Å². The first kappa shape index (κ1) is 19.3. The van der Waals surface area contributed by atoms with Crippen LogP contribution in [0.3, 0.4) is 0 Å². The summed E-state index contributed by atoms with van der Waals surface area (Å²) in [5.74, 6) is 0.762. The number of benzene rings is 3. The Bertz CT molecular complexity index is 1440. The molecule has 0 spiro atoms. The van der Waals surface area contributed by atoms with Crippen molar-refractivity contribution in [3.05, 3.63) is 95.1 Å². The van der Waals surface area contributed by atoms with Crippen molar-refractivity contribution >= 4 is 38.9 Å². The van der Waals surface area contributed by atoms with Crippen molar-refractivity contribution in [2.75, 3.05) is 7.11 Å². The standard InChI is InChI=1S/C26H20N2O2S/c1-17-16-28-23(25(27-26(28)31-17)19-9-11-22(30-2)12-10-19)13-14-24(29)21-8-7-18-5-3-4-6-20(18)15-21/h3-16H,1-2H3/b14-13+. The van der Waals surface area contributed by atoms with Crippen LogP contribution >= 0.6 is 11.3 Å². The van der Waals surface area contributed by atoms with E-state index in [1.54, 1.807) is 24.5 Å². The van der Waals surface area contributed by atoms with Crippen LogP contribution in [-0.2, 0) is 0 Å². The molecule has 0 aliphatic rings. The number of ether oxygens (including phenoxy) is 1. The Labute approximate surface area is 184 Å². The fraction of sp³-hybridized carbons (Fsp3) is 0.0769. The molecule has 4 nitrogen and oxygen atoms in total. The molecule has 5 heteroatoms. The molecule has 0 saturated carbocycles. The Hall–Kier alpha value is -3.70. The molecule has 0 aliphatic heterocycles. The molecule has 152 valence electrons. The van der Waals surface area contributed by atoms with Crippen molar-refractivity contribution in [2.45, 2.75) is 6.92 Å². The quantitative estimate of drug-likeness (QED) is 0.241. The summed E-state index contributed by atoms with van der Waals surface area (Å²) in [7, 11) is 1.65. The van der Waals surface area contributed by atoms with Crippen molar-refractivity contribution in [3.8, 4) is 17.0 Å². The number of imidazole rings is 1. The molecule has 0 bridgehead atoms. The van der Waals surface area contributed by atoms with Crippen LogP contribution in [0.15, 0.2) is 79.0 Å². The minimum atomic E-state index is -0.0339. The first-order chi connectivity index (χ1) is 15.1. The van der Waals surface area contributed by atoms with Crippen molar-refractivity contribution in [1.29, 1.82) is 0 Å². The molecule has 0 N–H and O–H groups in total. The highest BCUT2D eigenvalue weighted by molar-refractivity contribution is 7.17. The molecule has 0 fully saturated rings. The van der Waals surface area contributed by atoms with E-state index in [1.807, 2.05) is 77.2 Å². The summed E-state index contributed by atoms with van der Waals surface area (Å²) in [4.78, 5) is 19.8. The number of carbonyl (C=O) groups is 1. The van der Waals surface area contributed by atoms with Gasteiger partial charge in [0.05, 0.1) is 18.5 Å². The van der Waals surface area contributed by atoms with Gasteiger partial charge in [-0.05, 0) is 60.2 Å². The van der Waals surface area contributed by atoms with Gasteiger partial charge in [0, 0.05) is 22.2 Å². The van der Waals surface area contributed by atoms with Gasteiger partial charge in [-0.1, -0.05) is 36.4 Å². The molecule has 0 unspecified atom stereocenters. The Morgan fingerprint density at radius 2 is 1.81 bits per heavy atom. The summed E-state index contributed by atoms with van der Waals surface area (Å²) >= 11 is 1.63. The summed E-state index contributed by atoms with van der Waals surface area (Å²) in [6.07, 6.45) is 5.55. The SMILES string of the molecule is COc1ccc(-c2nc3sc(C)cn3c2/C=C/C(=O)c2ccc3ccccc3c2)cc1. The van der Waals surface area contributed by atoms with E-state index >= 15 is 0 Å². The highest BCUT2D eigenvalue weighted by Gasteiger charge is 2.15. The smallest absolute Gasteiger partial charge is 0.194 e. The summed E-state index contributed by atoms with van der Waals surface area (Å²) in [5, 5.41) is 2.18. The predicted octanol–water partition coefficient (Wildman–Crippen LogP) is 6.43. The van der Waals surface area contributed by atoms with Crippen LogP contribution in [0.4, 0.5) is 0 Å². The van der Waals surface area contributed by atoms with Gasteiger partial charge in [-0.15, -0.1) is 11.3 Å². The van der Waals surface area contributed by atoms with Crippen LogP contribution in [0.25, 0.3) is 33.1 Å². The van der Waals surface area contributed by atoms with Crippen LogP contribution in [0, 0.1) is 6.92 Å². The number of hydrogen-bond donors (Lipinski definition) is 0. The highest BCUT2D eigenvalue weighted by atomic mass is 32.1. The third-order valence-corrected chi connectivity index (χ3v) is 6.17. The second kappa shape index (κ2) is 7.85. The maximum absolute atomic E-state index is 12.9. The van der Waals surface area contributed by atoms with Gasteiger partial charge in [0.25, 0.3) is 0 Å². The van der Waals surface area contributed by atoms with E-state index < -0.39 is 0 Å². The van der Waals surface area contributed by atoms with Gasteiger partial charge < -0.3 is 4.74 Å². The summed E-state index contributed by atoms with van der Waals surface area (Å²) in [6.45, 7) is 2.06. The number of allylic oxidation sites excluding steroid dienone is 1. The molecule has 5 aromatic rings. The van der Waals surface area contributed by atoms with E-state index in [-0.39, 0.29) is 5.78 Å². The number of fused-ring (bicyclic) bond motifs is 2. The second-order valence-electron chi connectivity index (χ2n) is 7.33. The maximum Gasteiger partial charge on any atom is 0.194 e. The van der Waals surface area contributed by atoms with Crippen LogP contribution in [0.1, 0.15) is 20.9 Å². The number of methoxy groups -OCH3 is 1. The average Bonchev–Trinajstić information content (AvgIpc) is 3.33. The van der Waals surface area contributed by atoms with E-state index in [2.05, 4.69) is 13.1 Å². The number of aromatic nitrogens is 2. The van der Waals surface area contributed by atoms with Gasteiger partial charge >= 0.3 is 0 Å². The van der Waals surface area contributed by atoms with Gasteiger partial charge in [0.15, 0.2) is 10.7 Å². The lowest BCUT2D eigenvalue weighted by atomic mass is 10.0. The lowest BCUT2D eigenvalue weighted by Gasteiger charge is -2.03. The number of nitrogens with zero attached hydrogens (tertiary/aromatic N) is 2. The number of hydrogen-bond acceptors (Lipinski definition) is 4. The van der Waals surface area contributed by atoms with Crippen LogP contribution in [-0.4, -0.2) is 22.3 Å². The maximum atomic E-state index is 12.9. The first-order valence-electron chi connectivity index (χ1n) is 9.96. The molecule has 31 heavy (non-hydrogen) atoms. The van der Waals surface area contributed by atoms with Crippen LogP contribution < -0.4 is 4.74 Å².